The smallest absolute Gasteiger partial charge is 0.248 e. The van der Waals surface area contributed by atoms with E-state index in [0.29, 0.717) is 5.57 Å². The van der Waals surface area contributed by atoms with E-state index >= 15 is 0 Å². The molecule has 1 amide bonds. The van der Waals surface area contributed by atoms with Crippen molar-refractivity contribution >= 4 is 5.91 Å². The van der Waals surface area contributed by atoms with Crippen LogP contribution in [0.1, 0.15) is 13.8 Å². The Labute approximate surface area is 67.1 Å². The van der Waals surface area contributed by atoms with E-state index in [4.69, 9.17) is 5.73 Å². The van der Waals surface area contributed by atoms with Gasteiger partial charge in [-0.3, -0.25) is 4.79 Å². The molecule has 2 N–H and O–H groups in total. The Bertz CT molecular complexity index is 224. The fourth-order valence-corrected chi connectivity index (χ4v) is 0.685. The highest BCUT2D eigenvalue weighted by molar-refractivity contribution is 5.95. The van der Waals surface area contributed by atoms with Gasteiger partial charge in [-0.2, -0.15) is 0 Å². The Morgan fingerprint density at radius 2 is 2.09 bits per heavy atom. The van der Waals surface area contributed by atoms with Gasteiger partial charge in [0.1, 0.15) is 0 Å². The van der Waals surface area contributed by atoms with Crippen LogP contribution in [-0.4, -0.2) is 5.91 Å². The van der Waals surface area contributed by atoms with Crippen LogP contribution in [-0.2, 0) is 4.79 Å². The van der Waals surface area contributed by atoms with Gasteiger partial charge in [0.05, 0.1) is 0 Å². The molecule has 0 aliphatic carbocycles. The summed E-state index contributed by atoms with van der Waals surface area (Å²) in [4.78, 5) is 10.8. The van der Waals surface area contributed by atoms with Crippen molar-refractivity contribution in [1.82, 2.24) is 0 Å². The summed E-state index contributed by atoms with van der Waals surface area (Å²) in [6.45, 7) is 7.18. The Hall–Kier alpha value is -1.31. The lowest BCUT2D eigenvalue weighted by molar-refractivity contribution is -0.114. The second-order valence-corrected chi connectivity index (χ2v) is 2.17. The molecule has 0 saturated carbocycles. The van der Waals surface area contributed by atoms with Gasteiger partial charge >= 0.3 is 0 Å². The molecule has 0 aliphatic heterocycles. The minimum absolute atomic E-state index is 0.416. The lowest BCUT2D eigenvalue weighted by Gasteiger charge is -1.98. The van der Waals surface area contributed by atoms with E-state index in [0.717, 1.165) is 5.57 Å². The summed E-state index contributed by atoms with van der Waals surface area (Å²) >= 11 is 0. The summed E-state index contributed by atoms with van der Waals surface area (Å²) in [6, 6.07) is 0. The number of allylic oxidation sites excluding steroid dienone is 3. The van der Waals surface area contributed by atoms with Crippen molar-refractivity contribution < 1.29 is 4.79 Å². The SMILES string of the molecule is C=C/C(C)=C(\C=C\C)C(N)=O. The van der Waals surface area contributed by atoms with Crippen LogP contribution in [0.3, 0.4) is 0 Å². The largest absolute Gasteiger partial charge is 0.366 e. The van der Waals surface area contributed by atoms with Gasteiger partial charge in [0.15, 0.2) is 0 Å². The van der Waals surface area contributed by atoms with Crippen molar-refractivity contribution in [3.8, 4) is 0 Å². The van der Waals surface area contributed by atoms with Gasteiger partial charge in [-0.25, -0.2) is 0 Å². The second kappa shape index (κ2) is 4.50. The molecule has 0 fully saturated rings. The number of hydrogen-bond acceptors (Lipinski definition) is 1. The van der Waals surface area contributed by atoms with Crippen molar-refractivity contribution in [1.29, 1.82) is 0 Å². The third-order valence-corrected chi connectivity index (χ3v) is 1.33. The number of nitrogens with two attached hydrogens (primary N) is 1. The van der Waals surface area contributed by atoms with Crippen LogP contribution in [0, 0.1) is 0 Å². The molecular formula is C9H13NO. The predicted octanol–water partition coefficient (Wildman–Crippen LogP) is 1.55. The molecule has 0 bridgehead atoms. The van der Waals surface area contributed by atoms with Crippen molar-refractivity contribution in [2.45, 2.75) is 13.8 Å². The zero-order valence-corrected chi connectivity index (χ0v) is 6.92. The lowest BCUT2D eigenvalue weighted by Crippen LogP contribution is -2.13. The predicted molar refractivity (Wildman–Crippen MR) is 46.9 cm³/mol. The minimum atomic E-state index is -0.416. The first-order chi connectivity index (χ1) is 5.13. The maximum absolute atomic E-state index is 10.8. The summed E-state index contributed by atoms with van der Waals surface area (Å²) < 4.78 is 0. The summed E-state index contributed by atoms with van der Waals surface area (Å²) in [5.41, 5.74) is 6.42. The molecule has 0 aromatic heterocycles. The number of carbonyl (C=O) groups is 1. The molecule has 0 aromatic rings. The maximum atomic E-state index is 10.8. The number of hydrogen-bond donors (Lipinski definition) is 1. The highest BCUT2D eigenvalue weighted by Crippen LogP contribution is 2.05. The van der Waals surface area contributed by atoms with Crippen molar-refractivity contribution in [3.05, 3.63) is 36.0 Å². The topological polar surface area (TPSA) is 43.1 Å². The van der Waals surface area contributed by atoms with E-state index in [2.05, 4.69) is 6.58 Å². The molecule has 11 heavy (non-hydrogen) atoms. The molecule has 0 radical (unpaired) electrons. The molecule has 0 atom stereocenters. The summed E-state index contributed by atoms with van der Waals surface area (Å²) in [5, 5.41) is 0. The molecule has 0 rings (SSSR count). The highest BCUT2D eigenvalue weighted by atomic mass is 16.1. The normalized spacial score (nSPS) is 12.9. The van der Waals surface area contributed by atoms with E-state index in [1.54, 1.807) is 25.2 Å². The second-order valence-electron chi connectivity index (χ2n) is 2.17. The van der Waals surface area contributed by atoms with E-state index in [9.17, 15) is 4.79 Å². The average molecular weight is 151 g/mol. The first kappa shape index (κ1) is 9.69. The van der Waals surface area contributed by atoms with Crippen LogP contribution in [0.5, 0.6) is 0 Å². The number of amides is 1. The van der Waals surface area contributed by atoms with E-state index in [-0.39, 0.29) is 0 Å². The zero-order valence-electron chi connectivity index (χ0n) is 6.92. The van der Waals surface area contributed by atoms with Crippen LogP contribution in [0.25, 0.3) is 0 Å². The quantitative estimate of drug-likeness (QED) is 0.482. The maximum Gasteiger partial charge on any atom is 0.248 e. The molecule has 2 nitrogen and oxygen atoms in total. The highest BCUT2D eigenvalue weighted by Gasteiger charge is 2.01. The Morgan fingerprint density at radius 1 is 1.55 bits per heavy atom. The van der Waals surface area contributed by atoms with Gasteiger partial charge in [-0.15, -0.1) is 0 Å². The van der Waals surface area contributed by atoms with Gasteiger partial charge in [0.25, 0.3) is 0 Å². The first-order valence-corrected chi connectivity index (χ1v) is 3.39. The van der Waals surface area contributed by atoms with Gasteiger partial charge in [-0.1, -0.05) is 24.8 Å². The average Bonchev–Trinajstić information content (AvgIpc) is 1.98. The minimum Gasteiger partial charge on any atom is -0.366 e. The Morgan fingerprint density at radius 3 is 2.36 bits per heavy atom. The lowest BCUT2D eigenvalue weighted by atomic mass is 10.1. The van der Waals surface area contributed by atoms with Gasteiger partial charge in [-0.05, 0) is 19.4 Å². The Kier molecular flexibility index (Phi) is 3.96. The summed E-state index contributed by atoms with van der Waals surface area (Å²) in [6.07, 6.45) is 5.06. The van der Waals surface area contributed by atoms with E-state index < -0.39 is 5.91 Å². The summed E-state index contributed by atoms with van der Waals surface area (Å²) in [5.74, 6) is -0.416. The monoisotopic (exact) mass is 151 g/mol. The molecule has 0 spiro atoms. The van der Waals surface area contributed by atoms with Crippen LogP contribution < -0.4 is 5.73 Å². The van der Waals surface area contributed by atoms with Crippen LogP contribution in [0.4, 0.5) is 0 Å². The molecule has 0 saturated heterocycles. The van der Waals surface area contributed by atoms with Crippen molar-refractivity contribution in [3.63, 3.8) is 0 Å². The van der Waals surface area contributed by atoms with E-state index in [1.165, 1.54) is 0 Å². The van der Waals surface area contributed by atoms with Crippen molar-refractivity contribution in [2.75, 3.05) is 0 Å². The van der Waals surface area contributed by atoms with E-state index in [1.807, 2.05) is 6.92 Å². The summed E-state index contributed by atoms with van der Waals surface area (Å²) in [7, 11) is 0. The molecule has 0 unspecified atom stereocenters. The molecular weight excluding hydrogens is 138 g/mol. The molecule has 0 aromatic carbocycles. The van der Waals surface area contributed by atoms with Gasteiger partial charge < -0.3 is 5.73 Å². The number of carbonyl (C=O) groups excluding carboxylic acids is 1. The van der Waals surface area contributed by atoms with Crippen molar-refractivity contribution in [2.24, 2.45) is 5.73 Å². The standard InChI is InChI=1S/C9H13NO/c1-4-6-8(9(10)11)7(3)5-2/h4-6H,2H2,1,3H3,(H2,10,11)/b6-4+,8-7+. The first-order valence-electron chi connectivity index (χ1n) is 3.39. The zero-order chi connectivity index (χ0) is 8.85. The third kappa shape index (κ3) is 2.85. The van der Waals surface area contributed by atoms with Crippen LogP contribution >= 0.6 is 0 Å². The third-order valence-electron chi connectivity index (χ3n) is 1.33. The van der Waals surface area contributed by atoms with Gasteiger partial charge in [0, 0.05) is 5.57 Å². The molecule has 60 valence electrons. The molecule has 0 heterocycles. The Balaban J connectivity index is 4.87. The fourth-order valence-electron chi connectivity index (χ4n) is 0.685. The van der Waals surface area contributed by atoms with Crippen LogP contribution in [0.2, 0.25) is 0 Å². The number of primary amides is 1. The number of rotatable bonds is 3. The molecule has 2 heteroatoms. The van der Waals surface area contributed by atoms with Crippen LogP contribution in [0.15, 0.2) is 36.0 Å². The van der Waals surface area contributed by atoms with Gasteiger partial charge in [0.2, 0.25) is 5.91 Å². The molecule has 0 aliphatic rings. The fraction of sp³-hybridized carbons (Fsp3) is 0.222.